The van der Waals surface area contributed by atoms with Crippen LogP contribution in [0.15, 0.2) is 16.9 Å². The molecule has 1 aromatic carbocycles. The van der Waals surface area contributed by atoms with E-state index in [4.69, 9.17) is 32.7 Å². The Hall–Kier alpha value is -1.92. The Kier molecular flexibility index (Phi) is 7.83. The molecule has 6 nitrogen and oxygen atoms in total. The molecular weight excluding hydrogens is 451 g/mol. The lowest BCUT2D eigenvalue weighted by atomic mass is 9.96. The maximum atomic E-state index is 13.6. The lowest BCUT2D eigenvalue weighted by molar-refractivity contribution is 0.0585. The number of hydrogen-bond donors (Lipinski definition) is 0. The van der Waals surface area contributed by atoms with E-state index in [2.05, 4.69) is 0 Å². The number of benzene rings is 1. The van der Waals surface area contributed by atoms with Crippen molar-refractivity contribution in [3.05, 3.63) is 32.5 Å². The van der Waals surface area contributed by atoms with E-state index in [1.807, 2.05) is 34.6 Å². The first-order valence-electron chi connectivity index (χ1n) is 10.7. The Morgan fingerprint density at radius 3 is 2.06 bits per heavy atom. The first-order valence-corrected chi connectivity index (χ1v) is 11.4. The lowest BCUT2D eigenvalue weighted by Crippen LogP contribution is -2.39. The highest BCUT2D eigenvalue weighted by atomic mass is 35.5. The third-order valence-corrected chi connectivity index (χ3v) is 5.14. The van der Waals surface area contributed by atoms with Crippen molar-refractivity contribution in [2.24, 2.45) is 11.3 Å². The fraction of sp³-hybridized carbons (Fsp3) is 0.583. The predicted octanol–water partition coefficient (Wildman–Crippen LogP) is 6.76. The number of pyridine rings is 1. The van der Waals surface area contributed by atoms with Gasteiger partial charge in [-0.1, -0.05) is 57.8 Å². The zero-order chi connectivity index (χ0) is 24.6. The molecule has 0 saturated heterocycles. The quantitative estimate of drug-likeness (QED) is 0.470. The minimum atomic E-state index is -0.701. The molecule has 0 spiro atoms. The van der Waals surface area contributed by atoms with Crippen LogP contribution >= 0.6 is 23.2 Å². The monoisotopic (exact) mass is 484 g/mol. The SMILES string of the molecule is CC(C)COc1c(N(C)C(=O)OC(C)(C)C)n(CC(C)(C)C)c(=O)c2cc(Cl)c(Cl)cc12. The van der Waals surface area contributed by atoms with Crippen molar-refractivity contribution in [2.45, 2.75) is 67.5 Å². The predicted molar refractivity (Wildman–Crippen MR) is 133 cm³/mol. The maximum Gasteiger partial charge on any atom is 0.415 e. The number of carbonyl (C=O) groups is 1. The molecule has 0 radical (unpaired) electrons. The van der Waals surface area contributed by atoms with Crippen molar-refractivity contribution in [3.63, 3.8) is 0 Å². The van der Waals surface area contributed by atoms with Crippen molar-refractivity contribution in [1.29, 1.82) is 0 Å². The molecule has 0 fully saturated rings. The summed E-state index contributed by atoms with van der Waals surface area (Å²) in [4.78, 5) is 28.0. The summed E-state index contributed by atoms with van der Waals surface area (Å²) < 4.78 is 13.4. The number of aromatic nitrogens is 1. The molecule has 1 amide bonds. The number of anilines is 1. The van der Waals surface area contributed by atoms with Gasteiger partial charge in [0.2, 0.25) is 0 Å². The summed E-state index contributed by atoms with van der Waals surface area (Å²) in [5, 5.41) is 1.46. The summed E-state index contributed by atoms with van der Waals surface area (Å²) in [6.07, 6.45) is -0.589. The molecule has 0 aliphatic carbocycles. The Morgan fingerprint density at radius 1 is 1.06 bits per heavy atom. The second-order valence-electron chi connectivity index (χ2n) is 10.7. The van der Waals surface area contributed by atoms with Gasteiger partial charge in [0.1, 0.15) is 5.60 Å². The van der Waals surface area contributed by atoms with Crippen molar-refractivity contribution in [1.82, 2.24) is 4.57 Å². The van der Waals surface area contributed by atoms with E-state index < -0.39 is 11.7 Å². The fourth-order valence-electron chi connectivity index (χ4n) is 3.16. The first-order chi connectivity index (χ1) is 14.5. The molecular formula is C24H34Cl2N2O4. The van der Waals surface area contributed by atoms with Crippen LogP contribution in [0.1, 0.15) is 55.4 Å². The molecule has 1 aromatic heterocycles. The highest BCUT2D eigenvalue weighted by molar-refractivity contribution is 6.42. The largest absolute Gasteiger partial charge is 0.489 e. The van der Waals surface area contributed by atoms with Gasteiger partial charge in [-0.2, -0.15) is 0 Å². The van der Waals surface area contributed by atoms with E-state index in [0.717, 1.165) is 0 Å². The second-order valence-corrected chi connectivity index (χ2v) is 11.5. The average molecular weight is 485 g/mol. The Bertz CT molecular complexity index is 1060. The Labute approximate surface area is 200 Å². The van der Waals surface area contributed by atoms with Crippen molar-refractivity contribution in [2.75, 3.05) is 18.6 Å². The van der Waals surface area contributed by atoms with Gasteiger partial charge in [0.15, 0.2) is 11.6 Å². The molecule has 32 heavy (non-hydrogen) atoms. The lowest BCUT2D eigenvalue weighted by Gasteiger charge is -2.31. The Morgan fingerprint density at radius 2 is 1.59 bits per heavy atom. The van der Waals surface area contributed by atoms with Crippen LogP contribution in [0.2, 0.25) is 10.0 Å². The molecule has 0 aliphatic rings. The standard InChI is InChI=1S/C24H34Cl2N2O4/c1-14(2)12-31-19-15-10-17(25)18(26)11-16(15)21(29)28(13-23(3,4)5)20(19)27(9)22(30)32-24(6,7)8/h10-11,14H,12-13H2,1-9H3. The Balaban J connectivity index is 2.93. The van der Waals surface area contributed by atoms with Crippen LogP contribution in [0.3, 0.4) is 0 Å². The van der Waals surface area contributed by atoms with E-state index in [-0.39, 0.29) is 21.9 Å². The zero-order valence-electron chi connectivity index (χ0n) is 20.4. The molecule has 0 aliphatic heterocycles. The van der Waals surface area contributed by atoms with Gasteiger partial charge in [0.05, 0.1) is 22.0 Å². The summed E-state index contributed by atoms with van der Waals surface area (Å²) in [6, 6.07) is 3.17. The molecule has 0 N–H and O–H groups in total. The highest BCUT2D eigenvalue weighted by Gasteiger charge is 2.30. The molecule has 2 aromatic rings. The van der Waals surface area contributed by atoms with E-state index in [9.17, 15) is 9.59 Å². The molecule has 0 atom stereocenters. The molecule has 0 saturated carbocycles. The number of ether oxygens (including phenoxy) is 2. The number of fused-ring (bicyclic) bond motifs is 1. The molecule has 2 rings (SSSR count). The summed E-state index contributed by atoms with van der Waals surface area (Å²) in [5.74, 6) is 0.936. The van der Waals surface area contributed by atoms with Gasteiger partial charge in [0, 0.05) is 19.0 Å². The van der Waals surface area contributed by atoms with E-state index in [1.54, 1.807) is 44.5 Å². The van der Waals surface area contributed by atoms with Gasteiger partial charge in [-0.3, -0.25) is 14.3 Å². The summed E-state index contributed by atoms with van der Waals surface area (Å²) in [7, 11) is 1.58. The number of hydrogen-bond acceptors (Lipinski definition) is 4. The number of carbonyl (C=O) groups excluding carboxylic acids is 1. The van der Waals surface area contributed by atoms with Crippen molar-refractivity contribution < 1.29 is 14.3 Å². The topological polar surface area (TPSA) is 60.8 Å². The smallest absolute Gasteiger partial charge is 0.415 e. The van der Waals surface area contributed by atoms with Crippen molar-refractivity contribution >= 4 is 45.9 Å². The molecule has 1 heterocycles. The molecule has 8 heteroatoms. The zero-order valence-corrected chi connectivity index (χ0v) is 21.9. The average Bonchev–Trinajstić information content (AvgIpc) is 2.61. The van der Waals surface area contributed by atoms with Gasteiger partial charge in [-0.25, -0.2) is 4.79 Å². The molecule has 0 bridgehead atoms. The van der Waals surface area contributed by atoms with Crippen LogP contribution in [0, 0.1) is 11.3 Å². The number of amides is 1. The second kappa shape index (κ2) is 9.52. The number of rotatable bonds is 5. The molecule has 178 valence electrons. The number of halogens is 2. The third kappa shape index (κ3) is 6.32. The van der Waals surface area contributed by atoms with Crippen LogP contribution < -0.4 is 15.2 Å². The van der Waals surface area contributed by atoms with E-state index >= 15 is 0 Å². The van der Waals surface area contributed by atoms with Crippen LogP contribution in [-0.2, 0) is 11.3 Å². The first kappa shape index (κ1) is 26.3. The van der Waals surface area contributed by atoms with Gasteiger partial charge < -0.3 is 9.47 Å². The van der Waals surface area contributed by atoms with Crippen LogP contribution in [0.5, 0.6) is 5.75 Å². The van der Waals surface area contributed by atoms with Crippen LogP contribution in [0.4, 0.5) is 10.6 Å². The van der Waals surface area contributed by atoms with Gasteiger partial charge >= 0.3 is 6.09 Å². The summed E-state index contributed by atoms with van der Waals surface area (Å²) in [5.41, 5.74) is -1.24. The maximum absolute atomic E-state index is 13.6. The summed E-state index contributed by atoms with van der Waals surface area (Å²) in [6.45, 7) is 16.2. The minimum absolute atomic E-state index is 0.218. The summed E-state index contributed by atoms with van der Waals surface area (Å²) >= 11 is 12.5. The minimum Gasteiger partial charge on any atom is -0.489 e. The van der Waals surface area contributed by atoms with Crippen LogP contribution in [0.25, 0.3) is 10.8 Å². The van der Waals surface area contributed by atoms with Gasteiger partial charge in [0.25, 0.3) is 5.56 Å². The van der Waals surface area contributed by atoms with Crippen LogP contribution in [-0.4, -0.2) is 29.9 Å². The normalized spacial score (nSPS) is 12.4. The fourth-order valence-corrected chi connectivity index (χ4v) is 3.49. The highest BCUT2D eigenvalue weighted by Crippen LogP contribution is 2.39. The number of nitrogens with zero attached hydrogens (tertiary/aromatic N) is 2. The third-order valence-electron chi connectivity index (χ3n) is 4.42. The van der Waals surface area contributed by atoms with Gasteiger partial charge in [-0.15, -0.1) is 0 Å². The van der Waals surface area contributed by atoms with E-state index in [0.29, 0.717) is 40.5 Å². The van der Waals surface area contributed by atoms with Gasteiger partial charge in [-0.05, 0) is 44.2 Å². The molecule has 0 unspecified atom stereocenters. The van der Waals surface area contributed by atoms with E-state index in [1.165, 1.54) is 4.90 Å². The van der Waals surface area contributed by atoms with Crippen molar-refractivity contribution in [3.8, 4) is 5.75 Å².